The number of aromatic nitrogens is 3. The zero-order valence-electron chi connectivity index (χ0n) is 17.7. The van der Waals surface area contributed by atoms with Gasteiger partial charge in [-0.3, -0.25) is 4.79 Å². The molecule has 2 aliphatic heterocycles. The number of nitrogens with zero attached hydrogens (tertiary/aromatic N) is 5. The van der Waals surface area contributed by atoms with E-state index in [9.17, 15) is 9.59 Å². The Morgan fingerprint density at radius 3 is 2.50 bits per heavy atom. The third kappa shape index (κ3) is 3.58. The Bertz CT molecular complexity index is 973. The van der Waals surface area contributed by atoms with Gasteiger partial charge in [-0.05, 0) is 39.2 Å². The Labute approximate surface area is 176 Å². The molecule has 1 amide bonds. The van der Waals surface area contributed by atoms with Gasteiger partial charge in [-0.2, -0.15) is 10.1 Å². The van der Waals surface area contributed by atoms with Gasteiger partial charge < -0.3 is 14.5 Å². The second-order valence-corrected chi connectivity index (χ2v) is 7.71. The van der Waals surface area contributed by atoms with Gasteiger partial charge in [0.1, 0.15) is 18.9 Å². The molecular formula is C22H27N5O3. The molecule has 0 spiro atoms. The van der Waals surface area contributed by atoms with E-state index in [4.69, 9.17) is 4.74 Å². The fourth-order valence-corrected chi connectivity index (χ4v) is 4.15. The highest BCUT2D eigenvalue weighted by atomic mass is 16.5. The van der Waals surface area contributed by atoms with Crippen molar-refractivity contribution in [2.45, 2.75) is 39.7 Å². The number of likely N-dealkylation sites (tertiary alicyclic amines) is 1. The van der Waals surface area contributed by atoms with Crippen LogP contribution in [0.3, 0.4) is 0 Å². The number of carbonyl (C=O) groups excluding carboxylic acids is 2. The van der Waals surface area contributed by atoms with Gasteiger partial charge in [-0.25, -0.2) is 9.48 Å². The van der Waals surface area contributed by atoms with E-state index in [0.29, 0.717) is 17.2 Å². The molecule has 1 fully saturated rings. The average molecular weight is 409 g/mol. The first-order valence-corrected chi connectivity index (χ1v) is 10.4. The maximum absolute atomic E-state index is 13.0. The summed E-state index contributed by atoms with van der Waals surface area (Å²) in [4.78, 5) is 34.0. The predicted molar refractivity (Wildman–Crippen MR) is 112 cm³/mol. The Balaban J connectivity index is 1.78. The van der Waals surface area contributed by atoms with Crippen LogP contribution in [0.2, 0.25) is 0 Å². The topological polar surface area (TPSA) is 80.6 Å². The average Bonchev–Trinajstić information content (AvgIpc) is 3.42. The van der Waals surface area contributed by atoms with E-state index in [0.717, 1.165) is 37.1 Å². The van der Waals surface area contributed by atoms with Crippen molar-refractivity contribution >= 4 is 17.8 Å². The summed E-state index contributed by atoms with van der Waals surface area (Å²) in [6, 6.07) is 7.53. The number of allylic oxidation sites excluding steroid dienone is 1. The number of anilines is 1. The van der Waals surface area contributed by atoms with Crippen LogP contribution >= 0.6 is 0 Å². The molecule has 1 aromatic heterocycles. The van der Waals surface area contributed by atoms with Gasteiger partial charge in [-0.1, -0.05) is 29.8 Å². The van der Waals surface area contributed by atoms with Crippen molar-refractivity contribution in [2.75, 3.05) is 31.1 Å². The van der Waals surface area contributed by atoms with Crippen molar-refractivity contribution in [1.29, 1.82) is 0 Å². The standard InChI is InChI=1S/C22H27N5O3/c1-4-30-21(29)19-16(3)26(13-18(28)25-11-5-6-12-25)22-23-14-24-27(22)20(19)17-9-7-15(2)8-10-17/h7-10,14,20H,4-6,11-13H2,1-3H3/t20-/m0/s1. The van der Waals surface area contributed by atoms with Crippen molar-refractivity contribution in [3.63, 3.8) is 0 Å². The van der Waals surface area contributed by atoms with E-state index in [1.54, 1.807) is 16.5 Å². The van der Waals surface area contributed by atoms with Crippen LogP contribution in [-0.4, -0.2) is 57.8 Å². The lowest BCUT2D eigenvalue weighted by atomic mass is 9.94. The van der Waals surface area contributed by atoms with Crippen molar-refractivity contribution in [3.05, 3.63) is 53.0 Å². The fraction of sp³-hybridized carbons (Fsp3) is 0.455. The summed E-state index contributed by atoms with van der Waals surface area (Å²) in [5, 5.41) is 4.42. The molecule has 8 heteroatoms. The second-order valence-electron chi connectivity index (χ2n) is 7.71. The quantitative estimate of drug-likeness (QED) is 0.706. The van der Waals surface area contributed by atoms with Crippen LogP contribution in [-0.2, 0) is 14.3 Å². The minimum Gasteiger partial charge on any atom is -0.463 e. The minimum atomic E-state index is -0.458. The molecule has 0 saturated carbocycles. The van der Waals surface area contributed by atoms with Gasteiger partial charge in [0.2, 0.25) is 11.9 Å². The van der Waals surface area contributed by atoms with E-state index in [1.807, 2.05) is 43.0 Å². The molecule has 4 rings (SSSR count). The maximum atomic E-state index is 13.0. The predicted octanol–water partition coefficient (Wildman–Crippen LogP) is 2.46. The maximum Gasteiger partial charge on any atom is 0.338 e. The smallest absolute Gasteiger partial charge is 0.338 e. The first-order chi connectivity index (χ1) is 14.5. The number of esters is 1. The number of benzene rings is 1. The van der Waals surface area contributed by atoms with Crippen LogP contribution in [0.15, 0.2) is 41.9 Å². The molecule has 0 aliphatic carbocycles. The Hall–Kier alpha value is -3.16. The highest BCUT2D eigenvalue weighted by Crippen LogP contribution is 2.38. The number of aryl methyl sites for hydroxylation is 1. The molecule has 0 radical (unpaired) electrons. The SMILES string of the molecule is CCOC(=O)C1=C(C)N(CC(=O)N2CCCC2)c2ncnn2[C@H]1c1ccc(C)cc1. The first-order valence-electron chi connectivity index (χ1n) is 10.4. The molecule has 1 aromatic carbocycles. The third-order valence-corrected chi connectivity index (χ3v) is 5.75. The Morgan fingerprint density at radius 2 is 1.83 bits per heavy atom. The third-order valence-electron chi connectivity index (χ3n) is 5.75. The second kappa shape index (κ2) is 8.30. The van der Waals surface area contributed by atoms with Crippen LogP contribution < -0.4 is 4.90 Å². The summed E-state index contributed by atoms with van der Waals surface area (Å²) < 4.78 is 7.10. The normalized spacial score (nSPS) is 18.6. The zero-order valence-corrected chi connectivity index (χ0v) is 17.7. The van der Waals surface area contributed by atoms with E-state index in [-0.39, 0.29) is 19.1 Å². The van der Waals surface area contributed by atoms with Crippen LogP contribution in [0.4, 0.5) is 5.95 Å². The summed E-state index contributed by atoms with van der Waals surface area (Å²) in [7, 11) is 0. The lowest BCUT2D eigenvalue weighted by Gasteiger charge is -2.35. The molecule has 0 N–H and O–H groups in total. The molecule has 2 aromatic rings. The van der Waals surface area contributed by atoms with Gasteiger partial charge in [0.05, 0.1) is 12.2 Å². The van der Waals surface area contributed by atoms with Gasteiger partial charge in [0.15, 0.2) is 0 Å². The Morgan fingerprint density at radius 1 is 1.13 bits per heavy atom. The highest BCUT2D eigenvalue weighted by Gasteiger charge is 2.39. The molecule has 3 heterocycles. The molecule has 2 aliphatic rings. The van der Waals surface area contributed by atoms with Gasteiger partial charge in [-0.15, -0.1) is 0 Å². The van der Waals surface area contributed by atoms with Crippen molar-refractivity contribution < 1.29 is 14.3 Å². The first kappa shape index (κ1) is 20.1. The number of rotatable bonds is 5. The lowest BCUT2D eigenvalue weighted by molar-refractivity contribution is -0.139. The molecule has 0 bridgehead atoms. The van der Waals surface area contributed by atoms with Crippen molar-refractivity contribution in [1.82, 2.24) is 19.7 Å². The van der Waals surface area contributed by atoms with E-state index < -0.39 is 12.0 Å². The highest BCUT2D eigenvalue weighted by molar-refractivity contribution is 5.93. The van der Waals surface area contributed by atoms with Gasteiger partial charge in [0.25, 0.3) is 0 Å². The number of ether oxygens (including phenoxy) is 1. The van der Waals surface area contributed by atoms with Crippen LogP contribution in [0.5, 0.6) is 0 Å². The molecular weight excluding hydrogens is 382 g/mol. The summed E-state index contributed by atoms with van der Waals surface area (Å²) in [6.07, 6.45) is 3.52. The summed E-state index contributed by atoms with van der Waals surface area (Å²) in [5.41, 5.74) is 3.20. The monoisotopic (exact) mass is 409 g/mol. The largest absolute Gasteiger partial charge is 0.463 e. The molecule has 0 unspecified atom stereocenters. The van der Waals surface area contributed by atoms with E-state index >= 15 is 0 Å². The van der Waals surface area contributed by atoms with E-state index in [1.165, 1.54) is 6.33 Å². The van der Waals surface area contributed by atoms with Gasteiger partial charge in [0, 0.05) is 18.8 Å². The summed E-state index contributed by atoms with van der Waals surface area (Å²) >= 11 is 0. The zero-order chi connectivity index (χ0) is 21.3. The number of carbonyl (C=O) groups is 2. The molecule has 30 heavy (non-hydrogen) atoms. The molecule has 158 valence electrons. The van der Waals surface area contributed by atoms with Crippen LogP contribution in [0.1, 0.15) is 43.9 Å². The van der Waals surface area contributed by atoms with E-state index in [2.05, 4.69) is 10.1 Å². The number of hydrogen-bond donors (Lipinski definition) is 0. The number of fused-ring (bicyclic) bond motifs is 1. The number of hydrogen-bond acceptors (Lipinski definition) is 6. The summed E-state index contributed by atoms with van der Waals surface area (Å²) in [5.74, 6) is 0.178. The Kier molecular flexibility index (Phi) is 5.57. The molecule has 8 nitrogen and oxygen atoms in total. The molecule has 1 atom stereocenters. The minimum absolute atomic E-state index is 0.0263. The van der Waals surface area contributed by atoms with Crippen molar-refractivity contribution in [3.8, 4) is 0 Å². The van der Waals surface area contributed by atoms with Crippen molar-refractivity contribution in [2.24, 2.45) is 0 Å². The summed E-state index contributed by atoms with van der Waals surface area (Å²) in [6.45, 7) is 7.60. The number of amides is 1. The van der Waals surface area contributed by atoms with Gasteiger partial charge >= 0.3 is 5.97 Å². The fourth-order valence-electron chi connectivity index (χ4n) is 4.15. The lowest BCUT2D eigenvalue weighted by Crippen LogP contribution is -2.43. The molecule has 1 saturated heterocycles. The van der Waals surface area contributed by atoms with Crippen LogP contribution in [0.25, 0.3) is 0 Å². The van der Waals surface area contributed by atoms with Crippen LogP contribution in [0, 0.1) is 6.92 Å².